The van der Waals surface area contributed by atoms with Crippen LogP contribution in [0, 0.1) is 20.8 Å². The van der Waals surface area contributed by atoms with Gasteiger partial charge < -0.3 is 4.74 Å². The summed E-state index contributed by atoms with van der Waals surface area (Å²) in [5, 5.41) is 0.730. The smallest absolute Gasteiger partial charge is 0.216 e. The van der Waals surface area contributed by atoms with Crippen molar-refractivity contribution in [2.45, 2.75) is 20.8 Å². The summed E-state index contributed by atoms with van der Waals surface area (Å²) < 4.78 is 5.09. The van der Waals surface area contributed by atoms with Crippen molar-refractivity contribution in [3.63, 3.8) is 0 Å². The first kappa shape index (κ1) is 9.33. The molecule has 1 heterocycles. The highest BCUT2D eigenvalue weighted by Crippen LogP contribution is 2.27. The van der Waals surface area contributed by atoms with E-state index in [-0.39, 0.29) is 0 Å². The molecule has 0 aliphatic rings. The van der Waals surface area contributed by atoms with Crippen molar-refractivity contribution in [1.29, 1.82) is 0 Å². The highest BCUT2D eigenvalue weighted by molar-refractivity contribution is 6.32. The van der Waals surface area contributed by atoms with E-state index in [0.29, 0.717) is 5.88 Å². The summed E-state index contributed by atoms with van der Waals surface area (Å²) in [6.07, 6.45) is 0. The number of rotatable bonds is 1. The molecule has 3 heteroatoms. The van der Waals surface area contributed by atoms with Gasteiger partial charge in [-0.15, -0.1) is 0 Å². The van der Waals surface area contributed by atoms with Gasteiger partial charge in [0.05, 0.1) is 17.8 Å². The lowest BCUT2D eigenvalue weighted by atomic mass is 10.1. The summed E-state index contributed by atoms with van der Waals surface area (Å²) in [4.78, 5) is 4.20. The minimum Gasteiger partial charge on any atom is -0.481 e. The van der Waals surface area contributed by atoms with Crippen LogP contribution in [-0.4, -0.2) is 12.1 Å². The van der Waals surface area contributed by atoms with Gasteiger partial charge in [0, 0.05) is 5.56 Å². The first-order chi connectivity index (χ1) is 5.57. The zero-order valence-corrected chi connectivity index (χ0v) is 8.49. The third-order valence-electron chi connectivity index (χ3n) is 1.99. The van der Waals surface area contributed by atoms with Crippen LogP contribution < -0.4 is 4.74 Å². The monoisotopic (exact) mass is 185 g/mol. The van der Waals surface area contributed by atoms with Crippen LogP contribution in [0.4, 0.5) is 0 Å². The third-order valence-corrected chi connectivity index (χ3v) is 2.55. The van der Waals surface area contributed by atoms with E-state index in [1.165, 1.54) is 0 Å². The summed E-state index contributed by atoms with van der Waals surface area (Å²) >= 11 is 5.99. The number of ether oxygens (including phenoxy) is 1. The Morgan fingerprint density at radius 1 is 1.17 bits per heavy atom. The van der Waals surface area contributed by atoms with E-state index >= 15 is 0 Å². The van der Waals surface area contributed by atoms with Gasteiger partial charge in [-0.1, -0.05) is 11.6 Å². The number of hydrogen-bond donors (Lipinski definition) is 0. The van der Waals surface area contributed by atoms with Crippen molar-refractivity contribution in [3.05, 3.63) is 21.8 Å². The molecule has 0 aliphatic heterocycles. The molecule has 0 bridgehead atoms. The Labute approximate surface area is 77.5 Å². The lowest BCUT2D eigenvalue weighted by Crippen LogP contribution is -1.97. The van der Waals surface area contributed by atoms with Crippen LogP contribution in [0.15, 0.2) is 0 Å². The Balaban J connectivity index is 3.39. The maximum Gasteiger partial charge on any atom is 0.216 e. The van der Waals surface area contributed by atoms with Crippen LogP contribution in [0.3, 0.4) is 0 Å². The van der Waals surface area contributed by atoms with E-state index in [1.54, 1.807) is 7.11 Å². The molecule has 0 N–H and O–H groups in total. The fraction of sp³-hybridized carbons (Fsp3) is 0.444. The molecule has 12 heavy (non-hydrogen) atoms. The van der Waals surface area contributed by atoms with E-state index in [1.807, 2.05) is 20.8 Å². The minimum absolute atomic E-state index is 0.661. The third kappa shape index (κ3) is 1.39. The molecule has 1 aromatic rings. The van der Waals surface area contributed by atoms with Crippen molar-refractivity contribution >= 4 is 11.6 Å². The predicted molar refractivity (Wildman–Crippen MR) is 50.0 cm³/mol. The average Bonchev–Trinajstić information content (AvgIpc) is 2.08. The van der Waals surface area contributed by atoms with Gasteiger partial charge in [0.25, 0.3) is 0 Å². The highest BCUT2D eigenvalue weighted by atomic mass is 35.5. The number of hydrogen-bond acceptors (Lipinski definition) is 2. The SMILES string of the molecule is COc1nc(C)c(Cl)c(C)c1C. The van der Waals surface area contributed by atoms with Crippen molar-refractivity contribution < 1.29 is 4.74 Å². The van der Waals surface area contributed by atoms with Crippen LogP contribution in [0.5, 0.6) is 5.88 Å². The zero-order valence-electron chi connectivity index (χ0n) is 7.73. The summed E-state index contributed by atoms with van der Waals surface area (Å²) in [7, 11) is 1.61. The van der Waals surface area contributed by atoms with Gasteiger partial charge >= 0.3 is 0 Å². The molecule has 0 saturated carbocycles. The summed E-state index contributed by atoms with van der Waals surface area (Å²) in [5.74, 6) is 0.661. The quantitative estimate of drug-likeness (QED) is 0.671. The Kier molecular flexibility index (Phi) is 2.58. The van der Waals surface area contributed by atoms with Crippen molar-refractivity contribution in [2.75, 3.05) is 7.11 Å². The number of halogens is 1. The van der Waals surface area contributed by atoms with Crippen LogP contribution >= 0.6 is 11.6 Å². The fourth-order valence-corrected chi connectivity index (χ4v) is 1.26. The Morgan fingerprint density at radius 3 is 2.25 bits per heavy atom. The molecule has 1 rings (SSSR count). The van der Waals surface area contributed by atoms with Crippen LogP contribution in [0.2, 0.25) is 5.02 Å². The molecule has 0 atom stereocenters. The standard InChI is InChI=1S/C9H12ClNO/c1-5-6(2)9(12-4)11-7(3)8(5)10/h1-4H3. The van der Waals surface area contributed by atoms with E-state index in [0.717, 1.165) is 21.8 Å². The molecule has 0 unspecified atom stereocenters. The van der Waals surface area contributed by atoms with E-state index in [4.69, 9.17) is 16.3 Å². The molecule has 66 valence electrons. The summed E-state index contributed by atoms with van der Waals surface area (Å²) in [6, 6.07) is 0. The molecule has 0 fully saturated rings. The predicted octanol–water partition coefficient (Wildman–Crippen LogP) is 2.67. The van der Waals surface area contributed by atoms with Crippen LogP contribution in [0.1, 0.15) is 16.8 Å². The number of pyridine rings is 1. The number of nitrogens with zero attached hydrogens (tertiary/aromatic N) is 1. The summed E-state index contributed by atoms with van der Waals surface area (Å²) in [5.41, 5.74) is 2.87. The first-order valence-corrected chi connectivity index (χ1v) is 4.13. The van der Waals surface area contributed by atoms with Crippen molar-refractivity contribution in [1.82, 2.24) is 4.98 Å². The number of aromatic nitrogens is 1. The second kappa shape index (κ2) is 3.31. The van der Waals surface area contributed by atoms with E-state index in [2.05, 4.69) is 4.98 Å². The Morgan fingerprint density at radius 2 is 1.75 bits per heavy atom. The maximum absolute atomic E-state index is 5.99. The molecule has 0 amide bonds. The van der Waals surface area contributed by atoms with E-state index in [9.17, 15) is 0 Å². The second-order valence-corrected chi connectivity index (χ2v) is 3.15. The number of aryl methyl sites for hydroxylation is 1. The first-order valence-electron chi connectivity index (χ1n) is 3.75. The number of methoxy groups -OCH3 is 1. The van der Waals surface area contributed by atoms with Gasteiger partial charge in [0.15, 0.2) is 0 Å². The van der Waals surface area contributed by atoms with Gasteiger partial charge in [-0.3, -0.25) is 0 Å². The van der Waals surface area contributed by atoms with E-state index < -0.39 is 0 Å². The average molecular weight is 186 g/mol. The van der Waals surface area contributed by atoms with Crippen LogP contribution in [0.25, 0.3) is 0 Å². The Hall–Kier alpha value is -0.760. The van der Waals surface area contributed by atoms with Gasteiger partial charge in [-0.05, 0) is 26.3 Å². The zero-order chi connectivity index (χ0) is 9.30. The van der Waals surface area contributed by atoms with Gasteiger partial charge in [0.1, 0.15) is 0 Å². The molecular weight excluding hydrogens is 174 g/mol. The molecule has 2 nitrogen and oxygen atoms in total. The summed E-state index contributed by atoms with van der Waals surface area (Å²) in [6.45, 7) is 5.79. The van der Waals surface area contributed by atoms with Crippen molar-refractivity contribution in [3.8, 4) is 5.88 Å². The lowest BCUT2D eigenvalue weighted by Gasteiger charge is -2.09. The Bertz CT molecular complexity index is 310. The molecule has 0 saturated heterocycles. The normalized spacial score (nSPS) is 10.1. The molecule has 0 radical (unpaired) electrons. The second-order valence-electron chi connectivity index (χ2n) is 2.77. The van der Waals surface area contributed by atoms with Gasteiger partial charge in [-0.2, -0.15) is 0 Å². The minimum atomic E-state index is 0.661. The lowest BCUT2D eigenvalue weighted by molar-refractivity contribution is 0.393. The molecule has 1 aromatic heterocycles. The molecule has 0 aromatic carbocycles. The largest absolute Gasteiger partial charge is 0.481 e. The van der Waals surface area contributed by atoms with Gasteiger partial charge in [-0.25, -0.2) is 4.98 Å². The highest BCUT2D eigenvalue weighted by Gasteiger charge is 2.09. The van der Waals surface area contributed by atoms with Gasteiger partial charge in [0.2, 0.25) is 5.88 Å². The fourth-order valence-electron chi connectivity index (χ4n) is 1.08. The van der Waals surface area contributed by atoms with Crippen LogP contribution in [-0.2, 0) is 0 Å². The molecule has 0 spiro atoms. The molecular formula is C9H12ClNO. The van der Waals surface area contributed by atoms with Crippen molar-refractivity contribution in [2.24, 2.45) is 0 Å². The molecule has 0 aliphatic carbocycles. The maximum atomic E-state index is 5.99. The topological polar surface area (TPSA) is 22.1 Å².